The topological polar surface area (TPSA) is 52.6 Å². The fraction of sp³-hybridized carbons (Fsp3) is 0.562. The third-order valence-corrected chi connectivity index (χ3v) is 3.91. The van der Waals surface area contributed by atoms with Crippen molar-refractivity contribution in [3.63, 3.8) is 0 Å². The molecule has 2 rings (SSSR count). The van der Waals surface area contributed by atoms with E-state index in [2.05, 4.69) is 5.32 Å². The molecule has 1 aromatic carbocycles. The molecule has 116 valence electrons. The molecule has 0 unspecified atom stereocenters. The van der Waals surface area contributed by atoms with Crippen molar-refractivity contribution >= 4 is 5.91 Å². The number of hydrogen-bond acceptors (Lipinski definition) is 3. The van der Waals surface area contributed by atoms with E-state index in [1.807, 2.05) is 6.92 Å². The van der Waals surface area contributed by atoms with E-state index in [4.69, 9.17) is 0 Å². The van der Waals surface area contributed by atoms with E-state index in [-0.39, 0.29) is 17.2 Å². The number of hydrogen-bond donors (Lipinski definition) is 2. The van der Waals surface area contributed by atoms with Crippen LogP contribution >= 0.6 is 0 Å². The molecule has 0 saturated carbocycles. The van der Waals surface area contributed by atoms with Gasteiger partial charge in [0, 0.05) is 13.1 Å². The van der Waals surface area contributed by atoms with Crippen molar-refractivity contribution in [1.29, 1.82) is 0 Å². The van der Waals surface area contributed by atoms with Gasteiger partial charge >= 0.3 is 0 Å². The second-order valence-corrected chi connectivity index (χ2v) is 5.61. The summed E-state index contributed by atoms with van der Waals surface area (Å²) in [5.74, 6) is -0.480. The third-order valence-electron chi connectivity index (χ3n) is 3.91. The Balaban J connectivity index is 2.12. The first-order chi connectivity index (χ1) is 10.1. The minimum absolute atomic E-state index is 0.0531. The molecule has 1 saturated heterocycles. The number of carbonyl (C=O) groups is 1. The lowest BCUT2D eigenvalue weighted by molar-refractivity contribution is 0.0713. The van der Waals surface area contributed by atoms with Gasteiger partial charge < -0.3 is 15.3 Å². The van der Waals surface area contributed by atoms with Gasteiger partial charge in [0.15, 0.2) is 0 Å². The fourth-order valence-electron chi connectivity index (χ4n) is 2.77. The van der Waals surface area contributed by atoms with E-state index >= 15 is 0 Å². The smallest absolute Gasteiger partial charge is 0.257 e. The molecular formula is C16H23FN2O2. The van der Waals surface area contributed by atoms with Crippen molar-refractivity contribution in [2.75, 3.05) is 26.2 Å². The number of amides is 1. The lowest BCUT2D eigenvalue weighted by atomic mass is 9.97. The second-order valence-electron chi connectivity index (χ2n) is 5.61. The number of carbonyl (C=O) groups excluding carboxylic acids is 1. The van der Waals surface area contributed by atoms with Crippen LogP contribution in [-0.2, 0) is 0 Å². The molecule has 21 heavy (non-hydrogen) atoms. The molecule has 5 heteroatoms. The van der Waals surface area contributed by atoms with E-state index in [1.165, 1.54) is 6.07 Å². The maximum atomic E-state index is 13.3. The Morgan fingerprint density at radius 1 is 1.43 bits per heavy atom. The second kappa shape index (κ2) is 7.41. The maximum Gasteiger partial charge on any atom is 0.257 e. The molecule has 1 aromatic rings. The zero-order valence-corrected chi connectivity index (χ0v) is 12.4. The molecule has 1 aliphatic rings. The van der Waals surface area contributed by atoms with Gasteiger partial charge in [0.1, 0.15) is 11.6 Å². The summed E-state index contributed by atoms with van der Waals surface area (Å²) in [6.45, 7) is 5.26. The van der Waals surface area contributed by atoms with E-state index in [0.29, 0.717) is 19.0 Å². The monoisotopic (exact) mass is 294 g/mol. The summed E-state index contributed by atoms with van der Waals surface area (Å²) in [4.78, 5) is 14.3. The summed E-state index contributed by atoms with van der Waals surface area (Å²) in [5.41, 5.74) is 0.0531. The number of nitrogens with one attached hydrogen (secondary N) is 1. The summed E-state index contributed by atoms with van der Waals surface area (Å²) in [6.07, 6.45) is 2.93. The highest BCUT2D eigenvalue weighted by molar-refractivity contribution is 5.96. The van der Waals surface area contributed by atoms with Crippen LogP contribution in [0.15, 0.2) is 18.2 Å². The largest absolute Gasteiger partial charge is 0.507 e. The highest BCUT2D eigenvalue weighted by atomic mass is 19.1. The highest BCUT2D eigenvalue weighted by Crippen LogP contribution is 2.22. The van der Waals surface area contributed by atoms with Crippen LogP contribution < -0.4 is 5.32 Å². The summed E-state index contributed by atoms with van der Waals surface area (Å²) in [6, 6.07) is 3.50. The van der Waals surface area contributed by atoms with Crippen molar-refractivity contribution in [3.05, 3.63) is 29.6 Å². The van der Waals surface area contributed by atoms with Crippen LogP contribution in [0.4, 0.5) is 4.39 Å². The number of piperidine rings is 1. The Morgan fingerprint density at radius 3 is 2.81 bits per heavy atom. The average Bonchev–Trinajstić information content (AvgIpc) is 2.49. The Labute approximate surface area is 125 Å². The Bertz CT molecular complexity index is 487. The van der Waals surface area contributed by atoms with E-state index in [9.17, 15) is 14.3 Å². The minimum Gasteiger partial charge on any atom is -0.507 e. The van der Waals surface area contributed by atoms with Crippen molar-refractivity contribution in [1.82, 2.24) is 10.2 Å². The van der Waals surface area contributed by atoms with E-state index < -0.39 is 5.82 Å². The summed E-state index contributed by atoms with van der Waals surface area (Å²) in [7, 11) is 0. The minimum atomic E-state index is -0.505. The molecule has 1 fully saturated rings. The van der Waals surface area contributed by atoms with Gasteiger partial charge in [-0.1, -0.05) is 6.92 Å². The predicted octanol–water partition coefficient (Wildman–Crippen LogP) is 2.38. The third kappa shape index (κ3) is 4.17. The Hall–Kier alpha value is -1.62. The molecule has 1 aliphatic heterocycles. The standard InChI is InChI=1S/C16H23FN2O2/c1-2-9-19(11-12-5-7-18-8-6-12)16(21)14-10-13(17)3-4-15(14)20/h3-4,10,12,18,20H,2,5-9,11H2,1H3. The summed E-state index contributed by atoms with van der Waals surface area (Å²) in [5, 5.41) is 13.1. The van der Waals surface area contributed by atoms with Crippen LogP contribution in [0.1, 0.15) is 36.5 Å². The lowest BCUT2D eigenvalue weighted by Gasteiger charge is -2.30. The molecule has 1 amide bonds. The maximum absolute atomic E-state index is 13.3. The normalized spacial score (nSPS) is 15.9. The van der Waals surface area contributed by atoms with Gasteiger partial charge in [-0.2, -0.15) is 0 Å². The Morgan fingerprint density at radius 2 is 2.14 bits per heavy atom. The SMILES string of the molecule is CCCN(CC1CCNCC1)C(=O)c1cc(F)ccc1O. The zero-order valence-electron chi connectivity index (χ0n) is 12.4. The van der Waals surface area contributed by atoms with E-state index in [1.54, 1.807) is 4.90 Å². The number of halogens is 1. The summed E-state index contributed by atoms with van der Waals surface area (Å²) < 4.78 is 13.3. The number of phenolic OH excluding ortho intramolecular Hbond substituents is 1. The van der Waals surface area contributed by atoms with Crippen LogP contribution in [0.2, 0.25) is 0 Å². The first-order valence-electron chi connectivity index (χ1n) is 7.60. The molecule has 1 heterocycles. The van der Waals surface area contributed by atoms with Crippen molar-refractivity contribution in [3.8, 4) is 5.75 Å². The fourth-order valence-corrected chi connectivity index (χ4v) is 2.77. The van der Waals surface area contributed by atoms with Crippen molar-refractivity contribution in [2.45, 2.75) is 26.2 Å². The molecule has 2 N–H and O–H groups in total. The molecule has 0 spiro atoms. The number of phenols is 1. The van der Waals surface area contributed by atoms with Crippen LogP contribution in [0.25, 0.3) is 0 Å². The van der Waals surface area contributed by atoms with Crippen molar-refractivity contribution < 1.29 is 14.3 Å². The first kappa shape index (κ1) is 15.8. The zero-order chi connectivity index (χ0) is 15.2. The van der Waals surface area contributed by atoms with E-state index in [0.717, 1.165) is 44.5 Å². The lowest BCUT2D eigenvalue weighted by Crippen LogP contribution is -2.39. The number of aromatic hydroxyl groups is 1. The molecule has 0 aromatic heterocycles. The van der Waals surface area contributed by atoms with Crippen LogP contribution in [0.5, 0.6) is 5.75 Å². The van der Waals surface area contributed by atoms with Gasteiger partial charge in [-0.05, 0) is 56.5 Å². The molecule has 0 bridgehead atoms. The van der Waals surface area contributed by atoms with Gasteiger partial charge in [0.25, 0.3) is 5.91 Å². The molecule has 0 aliphatic carbocycles. The quantitative estimate of drug-likeness (QED) is 0.876. The molecule has 0 radical (unpaired) electrons. The van der Waals surface area contributed by atoms with Gasteiger partial charge in [-0.15, -0.1) is 0 Å². The van der Waals surface area contributed by atoms with Gasteiger partial charge in [0.2, 0.25) is 0 Å². The average molecular weight is 294 g/mol. The Kier molecular flexibility index (Phi) is 5.56. The summed E-state index contributed by atoms with van der Waals surface area (Å²) >= 11 is 0. The van der Waals surface area contributed by atoms with Gasteiger partial charge in [0.05, 0.1) is 5.56 Å². The predicted molar refractivity (Wildman–Crippen MR) is 79.9 cm³/mol. The van der Waals surface area contributed by atoms with Crippen LogP contribution in [0, 0.1) is 11.7 Å². The molecule has 4 nitrogen and oxygen atoms in total. The number of nitrogens with zero attached hydrogens (tertiary/aromatic N) is 1. The number of benzene rings is 1. The van der Waals surface area contributed by atoms with Crippen LogP contribution in [0.3, 0.4) is 0 Å². The van der Waals surface area contributed by atoms with Crippen molar-refractivity contribution in [2.24, 2.45) is 5.92 Å². The highest BCUT2D eigenvalue weighted by Gasteiger charge is 2.23. The first-order valence-corrected chi connectivity index (χ1v) is 7.60. The molecule has 0 atom stereocenters. The molecular weight excluding hydrogens is 271 g/mol. The van der Waals surface area contributed by atoms with Gasteiger partial charge in [-0.3, -0.25) is 4.79 Å². The van der Waals surface area contributed by atoms with Crippen LogP contribution in [-0.4, -0.2) is 42.1 Å². The number of rotatable bonds is 5. The van der Waals surface area contributed by atoms with Gasteiger partial charge in [-0.25, -0.2) is 4.39 Å².